The van der Waals surface area contributed by atoms with Crippen molar-refractivity contribution in [2.45, 2.75) is 13.5 Å². The molecule has 0 N–H and O–H groups in total. The third kappa shape index (κ3) is 3.47. The number of carbonyl (C=O) groups is 2. The Bertz CT molecular complexity index is 1050. The van der Waals surface area contributed by atoms with Crippen LogP contribution < -0.4 is 0 Å². The molecule has 1 aliphatic rings. The van der Waals surface area contributed by atoms with Crippen molar-refractivity contribution < 1.29 is 14.0 Å². The van der Waals surface area contributed by atoms with Crippen molar-refractivity contribution >= 4 is 11.8 Å². The summed E-state index contributed by atoms with van der Waals surface area (Å²) in [6.07, 6.45) is 4.88. The third-order valence-corrected chi connectivity index (χ3v) is 4.84. The molecule has 4 rings (SSSR count). The minimum atomic E-state index is -0.270. The quantitative estimate of drug-likeness (QED) is 0.619. The molecule has 3 aromatic rings. The van der Waals surface area contributed by atoms with Gasteiger partial charge in [-0.3, -0.25) is 14.2 Å². The fourth-order valence-electron chi connectivity index (χ4n) is 3.35. The molecule has 2 amide bonds. The molecule has 1 aliphatic heterocycles. The number of aryl methyl sites for hydroxylation is 1. The maximum absolute atomic E-state index is 13.1. The van der Waals surface area contributed by atoms with Crippen LogP contribution in [0.15, 0.2) is 35.3 Å². The number of tetrazole rings is 1. The second-order valence-electron chi connectivity index (χ2n) is 6.60. The Morgan fingerprint density at radius 3 is 2.48 bits per heavy atom. The molecule has 0 aliphatic carbocycles. The molecule has 0 saturated carbocycles. The van der Waals surface area contributed by atoms with Gasteiger partial charge < -0.3 is 14.2 Å². The number of nitriles is 1. The van der Waals surface area contributed by atoms with Crippen molar-refractivity contribution in [1.29, 1.82) is 5.26 Å². The maximum atomic E-state index is 13.1. The zero-order valence-corrected chi connectivity index (χ0v) is 15.7. The number of carbonyl (C=O) groups excluding carboxylic acids is 2. The molecule has 11 heteroatoms. The normalized spacial score (nSPS) is 14.1. The van der Waals surface area contributed by atoms with Crippen molar-refractivity contribution in [3.63, 3.8) is 0 Å². The van der Waals surface area contributed by atoms with Crippen molar-refractivity contribution in [3.05, 3.63) is 47.7 Å². The van der Waals surface area contributed by atoms with Gasteiger partial charge >= 0.3 is 0 Å². The molecule has 29 heavy (non-hydrogen) atoms. The number of aromatic nitrogens is 5. The van der Waals surface area contributed by atoms with E-state index in [9.17, 15) is 14.9 Å². The summed E-state index contributed by atoms with van der Waals surface area (Å²) < 4.78 is 8.74. The van der Waals surface area contributed by atoms with Crippen LogP contribution in [0.4, 0.5) is 0 Å². The summed E-state index contributed by atoms with van der Waals surface area (Å²) in [5, 5.41) is 20.3. The Kier molecular flexibility index (Phi) is 4.82. The van der Waals surface area contributed by atoms with E-state index in [1.807, 2.05) is 12.1 Å². The minimum absolute atomic E-state index is 0.0561. The van der Waals surface area contributed by atoms with Crippen LogP contribution in [-0.4, -0.2) is 72.6 Å². The van der Waals surface area contributed by atoms with E-state index >= 15 is 0 Å². The van der Waals surface area contributed by atoms with E-state index in [1.54, 1.807) is 33.7 Å². The number of amides is 2. The Morgan fingerprint density at radius 2 is 1.86 bits per heavy atom. The second kappa shape index (κ2) is 7.59. The van der Waals surface area contributed by atoms with Gasteiger partial charge in [0.2, 0.25) is 11.8 Å². The molecular formula is C18H18N8O3. The van der Waals surface area contributed by atoms with Crippen LogP contribution in [-0.2, 0) is 11.3 Å². The average molecular weight is 394 g/mol. The lowest BCUT2D eigenvalue weighted by atomic mass is 10.1. The van der Waals surface area contributed by atoms with Gasteiger partial charge in [-0.1, -0.05) is 0 Å². The Labute approximate surface area is 165 Å². The fraction of sp³-hybridized carbons (Fsp3) is 0.333. The number of hydrogen-bond donors (Lipinski definition) is 0. The highest BCUT2D eigenvalue weighted by Gasteiger charge is 2.31. The predicted octanol–water partition coefficient (Wildman–Crippen LogP) is 0.221. The molecule has 11 nitrogen and oxygen atoms in total. The summed E-state index contributed by atoms with van der Waals surface area (Å²) in [5.74, 6) is 0.339. The minimum Gasteiger partial charge on any atom is -0.443 e. The fourth-order valence-corrected chi connectivity index (χ4v) is 3.35. The van der Waals surface area contributed by atoms with E-state index in [0.29, 0.717) is 37.8 Å². The summed E-state index contributed by atoms with van der Waals surface area (Å²) in [7, 11) is 0. The highest BCUT2D eigenvalue weighted by atomic mass is 16.4. The Hall–Kier alpha value is -3.94. The van der Waals surface area contributed by atoms with Crippen LogP contribution >= 0.6 is 0 Å². The molecule has 148 valence electrons. The van der Waals surface area contributed by atoms with Crippen LogP contribution in [0.1, 0.15) is 21.7 Å². The first-order chi connectivity index (χ1) is 14.1. The summed E-state index contributed by atoms with van der Waals surface area (Å²) in [6.45, 7) is 3.27. The van der Waals surface area contributed by atoms with Crippen LogP contribution in [0.5, 0.6) is 0 Å². The average Bonchev–Trinajstić information content (AvgIpc) is 3.48. The van der Waals surface area contributed by atoms with Crippen molar-refractivity contribution in [2.75, 3.05) is 26.2 Å². The third-order valence-electron chi connectivity index (χ3n) is 4.84. The largest absolute Gasteiger partial charge is 0.443 e. The zero-order chi connectivity index (χ0) is 20.4. The molecule has 0 aromatic carbocycles. The van der Waals surface area contributed by atoms with Gasteiger partial charge in [0, 0.05) is 38.6 Å². The lowest BCUT2D eigenvalue weighted by Crippen LogP contribution is -2.51. The Balaban J connectivity index is 1.46. The van der Waals surface area contributed by atoms with Gasteiger partial charge in [-0.05, 0) is 29.5 Å². The summed E-state index contributed by atoms with van der Waals surface area (Å²) in [4.78, 5) is 28.7. The molecule has 1 fully saturated rings. The van der Waals surface area contributed by atoms with Crippen LogP contribution in [0.3, 0.4) is 0 Å². The standard InChI is InChI=1S/C18H18N8O3/c1-13-16(14(10-19)18(29-13)25-4-2-3-5-25)17(28)24-8-6-23(7-9-24)15(27)11-26-12-20-21-22-26/h2-5,12H,6-9,11H2,1H3. The second-order valence-corrected chi connectivity index (χ2v) is 6.60. The first kappa shape index (κ1) is 18.4. The van der Waals surface area contributed by atoms with Crippen LogP contribution in [0.25, 0.3) is 5.88 Å². The molecular weight excluding hydrogens is 376 g/mol. The first-order valence-electron chi connectivity index (χ1n) is 9.03. The van der Waals surface area contributed by atoms with Gasteiger partial charge in [-0.25, -0.2) is 4.68 Å². The molecule has 0 unspecified atom stereocenters. The molecule has 0 spiro atoms. The highest BCUT2D eigenvalue weighted by molar-refractivity contribution is 5.98. The van der Waals surface area contributed by atoms with Gasteiger partial charge in [0.25, 0.3) is 5.91 Å². The maximum Gasteiger partial charge on any atom is 0.258 e. The molecule has 3 aromatic heterocycles. The number of nitrogens with zero attached hydrogens (tertiary/aromatic N) is 8. The predicted molar refractivity (Wildman–Crippen MR) is 97.8 cm³/mol. The first-order valence-corrected chi connectivity index (χ1v) is 9.03. The van der Waals surface area contributed by atoms with Crippen LogP contribution in [0.2, 0.25) is 0 Å². The van der Waals surface area contributed by atoms with E-state index in [0.717, 1.165) is 0 Å². The number of furan rings is 1. The lowest BCUT2D eigenvalue weighted by molar-refractivity contribution is -0.133. The molecule has 0 radical (unpaired) electrons. The van der Waals surface area contributed by atoms with E-state index in [1.165, 1.54) is 11.0 Å². The van der Waals surface area contributed by atoms with Gasteiger partial charge in [-0.2, -0.15) is 5.26 Å². The molecule has 4 heterocycles. The summed E-state index contributed by atoms with van der Waals surface area (Å²) in [6, 6.07) is 5.72. The topological polar surface area (TPSA) is 126 Å². The molecule has 0 bridgehead atoms. The highest BCUT2D eigenvalue weighted by Crippen LogP contribution is 2.27. The molecule has 0 atom stereocenters. The van der Waals surface area contributed by atoms with Crippen molar-refractivity contribution in [1.82, 2.24) is 34.6 Å². The SMILES string of the molecule is Cc1oc(-n2cccc2)c(C#N)c1C(=O)N1CCN(C(=O)Cn2cnnn2)CC1. The Morgan fingerprint density at radius 1 is 1.17 bits per heavy atom. The van der Waals surface area contributed by atoms with Gasteiger partial charge in [0.15, 0.2) is 0 Å². The van der Waals surface area contributed by atoms with Gasteiger partial charge in [0.05, 0.1) is 0 Å². The van der Waals surface area contributed by atoms with E-state index in [-0.39, 0.29) is 29.5 Å². The summed E-state index contributed by atoms with van der Waals surface area (Å²) in [5.41, 5.74) is 0.477. The monoisotopic (exact) mass is 394 g/mol. The number of piperazine rings is 1. The van der Waals surface area contributed by atoms with Crippen molar-refractivity contribution in [3.8, 4) is 12.0 Å². The smallest absolute Gasteiger partial charge is 0.258 e. The number of rotatable bonds is 4. The zero-order valence-electron chi connectivity index (χ0n) is 15.7. The van der Waals surface area contributed by atoms with Crippen LogP contribution in [0, 0.1) is 18.3 Å². The summed E-state index contributed by atoms with van der Waals surface area (Å²) >= 11 is 0. The lowest BCUT2D eigenvalue weighted by Gasteiger charge is -2.34. The van der Waals surface area contributed by atoms with Gasteiger partial charge in [0.1, 0.15) is 35.8 Å². The van der Waals surface area contributed by atoms with E-state index in [2.05, 4.69) is 21.6 Å². The molecule has 1 saturated heterocycles. The van der Waals surface area contributed by atoms with E-state index < -0.39 is 0 Å². The van der Waals surface area contributed by atoms with Gasteiger partial charge in [-0.15, -0.1) is 5.10 Å². The van der Waals surface area contributed by atoms with Crippen molar-refractivity contribution in [2.24, 2.45) is 0 Å². The number of hydrogen-bond acceptors (Lipinski definition) is 7. The van der Waals surface area contributed by atoms with E-state index in [4.69, 9.17) is 4.42 Å².